The fraction of sp³-hybridized carbons (Fsp3) is 0.643. The quantitative estimate of drug-likeness (QED) is 0.810. The van der Waals surface area contributed by atoms with Crippen LogP contribution in [0.5, 0.6) is 5.75 Å². The molecule has 1 aromatic heterocycles. The van der Waals surface area contributed by atoms with E-state index in [2.05, 4.69) is 15.2 Å². The van der Waals surface area contributed by atoms with E-state index in [9.17, 15) is 0 Å². The fourth-order valence-electron chi connectivity index (χ4n) is 3.19. The van der Waals surface area contributed by atoms with E-state index in [1.165, 1.54) is 0 Å². The normalized spacial score (nSPS) is 33.5. The summed E-state index contributed by atoms with van der Waals surface area (Å²) in [5.74, 6) is 1.91. The van der Waals surface area contributed by atoms with Gasteiger partial charge in [-0.3, -0.25) is 0 Å². The number of nitrogens with one attached hydrogen (secondary N) is 1. The number of hydrogen-bond donors (Lipinski definition) is 1. The molecule has 2 saturated heterocycles. The van der Waals surface area contributed by atoms with Crippen LogP contribution in [0.15, 0.2) is 18.3 Å². The van der Waals surface area contributed by atoms with Crippen molar-refractivity contribution in [3.05, 3.63) is 18.3 Å². The number of pyridine rings is 1. The van der Waals surface area contributed by atoms with Gasteiger partial charge in [0.1, 0.15) is 6.10 Å². The topological polar surface area (TPSA) is 46.6 Å². The maximum atomic E-state index is 6.20. The minimum Gasteiger partial charge on any atom is -0.484 e. The van der Waals surface area contributed by atoms with Crippen molar-refractivity contribution in [2.45, 2.75) is 31.1 Å². The van der Waals surface area contributed by atoms with Crippen LogP contribution in [-0.4, -0.2) is 49.5 Å². The molecule has 0 aromatic carbocycles. The third-order valence-corrected chi connectivity index (χ3v) is 4.30. The first kappa shape index (κ1) is 11.5. The molecule has 4 rings (SSSR count). The number of anilines is 1. The molecular weight excluding hydrogens is 242 g/mol. The molecule has 0 spiro atoms. The van der Waals surface area contributed by atoms with E-state index in [1.54, 1.807) is 0 Å². The molecule has 0 amide bonds. The Balaban J connectivity index is 1.68. The lowest BCUT2D eigenvalue weighted by Crippen LogP contribution is -2.53. The molecule has 2 unspecified atom stereocenters. The van der Waals surface area contributed by atoms with Gasteiger partial charge in [-0.05, 0) is 12.1 Å². The minimum atomic E-state index is 0.159. The van der Waals surface area contributed by atoms with Gasteiger partial charge in [0.15, 0.2) is 11.6 Å². The van der Waals surface area contributed by atoms with Crippen LogP contribution in [0.4, 0.5) is 5.82 Å². The van der Waals surface area contributed by atoms with E-state index in [-0.39, 0.29) is 12.2 Å². The second-order valence-corrected chi connectivity index (χ2v) is 5.47. The van der Waals surface area contributed by atoms with Crippen LogP contribution < -0.4 is 15.0 Å². The van der Waals surface area contributed by atoms with Gasteiger partial charge in [-0.1, -0.05) is 0 Å². The van der Waals surface area contributed by atoms with E-state index in [4.69, 9.17) is 9.47 Å². The molecule has 0 saturated carbocycles. The van der Waals surface area contributed by atoms with Gasteiger partial charge in [-0.25, -0.2) is 4.98 Å². The molecule has 0 aliphatic carbocycles. The first-order chi connectivity index (χ1) is 9.42. The van der Waals surface area contributed by atoms with Crippen molar-refractivity contribution in [1.82, 2.24) is 10.3 Å². The Kier molecular flexibility index (Phi) is 2.81. The minimum absolute atomic E-state index is 0.159. The highest BCUT2D eigenvalue weighted by Crippen LogP contribution is 2.36. The van der Waals surface area contributed by atoms with Crippen LogP contribution in [0.25, 0.3) is 0 Å². The highest BCUT2D eigenvalue weighted by Gasteiger charge is 2.38. The van der Waals surface area contributed by atoms with Crippen LogP contribution in [-0.2, 0) is 4.74 Å². The van der Waals surface area contributed by atoms with E-state index in [1.807, 2.05) is 18.3 Å². The van der Waals surface area contributed by atoms with Crippen molar-refractivity contribution in [2.24, 2.45) is 0 Å². The van der Waals surface area contributed by atoms with Gasteiger partial charge in [0.2, 0.25) is 0 Å². The Hall–Kier alpha value is -1.33. The van der Waals surface area contributed by atoms with E-state index < -0.39 is 0 Å². The first-order valence-corrected chi connectivity index (χ1v) is 7.12. The molecule has 19 heavy (non-hydrogen) atoms. The standard InChI is InChI=1S/C14H19N3O2/c1-2-12-14(16-4-1)17-6-5-15-9-10(17)8-13(19-12)11-3-7-18-11/h1-2,4,10-11,13,15H,3,5-9H2/t10?,11?,13-/m1/s1. The molecule has 3 aliphatic rings. The van der Waals surface area contributed by atoms with Gasteiger partial charge in [0, 0.05) is 51.3 Å². The Morgan fingerprint density at radius 2 is 2.32 bits per heavy atom. The molecule has 1 N–H and O–H groups in total. The molecule has 0 radical (unpaired) electrons. The van der Waals surface area contributed by atoms with Crippen LogP contribution in [0, 0.1) is 0 Å². The average Bonchev–Trinajstić information content (AvgIpc) is 2.53. The lowest BCUT2D eigenvalue weighted by molar-refractivity contribution is -0.110. The Labute approximate surface area is 112 Å². The Bertz CT molecular complexity index is 464. The van der Waals surface area contributed by atoms with E-state index in [0.29, 0.717) is 6.04 Å². The number of aromatic nitrogens is 1. The summed E-state index contributed by atoms with van der Waals surface area (Å²) < 4.78 is 11.8. The zero-order valence-corrected chi connectivity index (χ0v) is 10.9. The van der Waals surface area contributed by atoms with Crippen molar-refractivity contribution in [3.63, 3.8) is 0 Å². The largest absolute Gasteiger partial charge is 0.484 e. The molecule has 4 heterocycles. The molecular formula is C14H19N3O2. The average molecular weight is 261 g/mol. The van der Waals surface area contributed by atoms with Gasteiger partial charge in [-0.2, -0.15) is 0 Å². The van der Waals surface area contributed by atoms with Crippen molar-refractivity contribution in [1.29, 1.82) is 0 Å². The summed E-state index contributed by atoms with van der Waals surface area (Å²) in [4.78, 5) is 6.93. The van der Waals surface area contributed by atoms with Crippen molar-refractivity contribution >= 4 is 5.82 Å². The second-order valence-electron chi connectivity index (χ2n) is 5.47. The molecule has 1 aromatic rings. The van der Waals surface area contributed by atoms with Crippen molar-refractivity contribution < 1.29 is 9.47 Å². The zero-order chi connectivity index (χ0) is 12.7. The predicted molar refractivity (Wildman–Crippen MR) is 71.6 cm³/mol. The number of rotatable bonds is 1. The fourth-order valence-corrected chi connectivity index (χ4v) is 3.19. The van der Waals surface area contributed by atoms with E-state index >= 15 is 0 Å². The lowest BCUT2D eigenvalue weighted by atomic mass is 9.98. The summed E-state index contributed by atoms with van der Waals surface area (Å²) in [6.45, 7) is 3.88. The summed E-state index contributed by atoms with van der Waals surface area (Å²) >= 11 is 0. The molecule has 0 bridgehead atoms. The lowest BCUT2D eigenvalue weighted by Gasteiger charge is -2.38. The molecule has 3 aliphatic heterocycles. The smallest absolute Gasteiger partial charge is 0.171 e. The third-order valence-electron chi connectivity index (χ3n) is 4.30. The Morgan fingerprint density at radius 1 is 1.37 bits per heavy atom. The van der Waals surface area contributed by atoms with Gasteiger partial charge in [0.25, 0.3) is 0 Å². The molecule has 3 atom stereocenters. The number of piperazine rings is 1. The van der Waals surface area contributed by atoms with Crippen molar-refractivity contribution in [3.8, 4) is 5.75 Å². The number of hydrogen-bond acceptors (Lipinski definition) is 5. The number of nitrogens with zero attached hydrogens (tertiary/aromatic N) is 2. The third kappa shape index (κ3) is 1.97. The van der Waals surface area contributed by atoms with Crippen LogP contribution in [0.1, 0.15) is 12.8 Å². The molecule has 102 valence electrons. The van der Waals surface area contributed by atoms with Gasteiger partial charge >= 0.3 is 0 Å². The SMILES string of the molecule is c1cnc2c(c1)O[C@@H](C1CCO1)CC1CNCCN21. The zero-order valence-electron chi connectivity index (χ0n) is 10.9. The van der Waals surface area contributed by atoms with Gasteiger partial charge in [-0.15, -0.1) is 0 Å². The van der Waals surface area contributed by atoms with Crippen molar-refractivity contribution in [2.75, 3.05) is 31.1 Å². The summed E-state index contributed by atoms with van der Waals surface area (Å²) in [6.07, 6.45) is 4.39. The summed E-state index contributed by atoms with van der Waals surface area (Å²) in [5, 5.41) is 3.47. The predicted octanol–water partition coefficient (Wildman–Crippen LogP) is 0.800. The van der Waals surface area contributed by atoms with E-state index in [0.717, 1.165) is 50.7 Å². The molecule has 5 nitrogen and oxygen atoms in total. The van der Waals surface area contributed by atoms with Crippen LogP contribution >= 0.6 is 0 Å². The van der Waals surface area contributed by atoms with Gasteiger partial charge in [0.05, 0.1) is 6.10 Å². The molecule has 2 fully saturated rings. The Morgan fingerprint density at radius 3 is 3.16 bits per heavy atom. The maximum Gasteiger partial charge on any atom is 0.171 e. The second kappa shape index (κ2) is 4.65. The highest BCUT2D eigenvalue weighted by atomic mass is 16.6. The number of fused-ring (bicyclic) bond motifs is 3. The summed E-state index contributed by atoms with van der Waals surface area (Å²) in [5.41, 5.74) is 0. The van der Waals surface area contributed by atoms with Crippen LogP contribution in [0.3, 0.4) is 0 Å². The summed E-state index contributed by atoms with van der Waals surface area (Å²) in [7, 11) is 0. The monoisotopic (exact) mass is 261 g/mol. The summed E-state index contributed by atoms with van der Waals surface area (Å²) in [6, 6.07) is 4.43. The number of ether oxygens (including phenoxy) is 2. The van der Waals surface area contributed by atoms with Crippen LogP contribution in [0.2, 0.25) is 0 Å². The molecule has 5 heteroatoms. The first-order valence-electron chi connectivity index (χ1n) is 7.12. The maximum absolute atomic E-state index is 6.20. The van der Waals surface area contributed by atoms with Gasteiger partial charge < -0.3 is 19.7 Å². The highest BCUT2D eigenvalue weighted by molar-refractivity contribution is 5.54.